The summed E-state index contributed by atoms with van der Waals surface area (Å²) in [6.07, 6.45) is 5.34. The van der Waals surface area contributed by atoms with Gasteiger partial charge in [-0.25, -0.2) is 0 Å². The summed E-state index contributed by atoms with van der Waals surface area (Å²) in [4.78, 5) is 14.3. The number of nitrogens with zero attached hydrogens (tertiary/aromatic N) is 3. The minimum absolute atomic E-state index is 0.0824. The standard InChI is InChI=1S/C17H18BrN3O2S/c1-2-21(14-5-3-4-6-14)15(22)11-24-17-20-19-16(23-17)12-7-9-13(18)10-8-12/h5,7-10H,2-4,6,11H2,1H3. The maximum absolute atomic E-state index is 12.4. The highest BCUT2D eigenvalue weighted by Gasteiger charge is 2.20. The molecule has 1 heterocycles. The first-order chi connectivity index (χ1) is 11.7. The minimum Gasteiger partial charge on any atom is -0.411 e. The number of benzene rings is 1. The quantitative estimate of drug-likeness (QED) is 0.659. The van der Waals surface area contributed by atoms with Crippen molar-refractivity contribution in [1.29, 1.82) is 0 Å². The van der Waals surface area contributed by atoms with Gasteiger partial charge in [0.1, 0.15) is 0 Å². The lowest BCUT2D eigenvalue weighted by Crippen LogP contribution is -2.31. The number of carbonyl (C=O) groups is 1. The first-order valence-corrected chi connectivity index (χ1v) is 9.67. The molecule has 0 unspecified atom stereocenters. The fourth-order valence-corrected chi connectivity index (χ4v) is 3.52. The van der Waals surface area contributed by atoms with Gasteiger partial charge in [0.25, 0.3) is 5.22 Å². The van der Waals surface area contributed by atoms with Crippen molar-refractivity contribution in [2.45, 2.75) is 31.4 Å². The van der Waals surface area contributed by atoms with E-state index >= 15 is 0 Å². The maximum atomic E-state index is 12.4. The van der Waals surface area contributed by atoms with Crippen molar-refractivity contribution >= 4 is 33.6 Å². The first kappa shape index (κ1) is 17.2. The van der Waals surface area contributed by atoms with Gasteiger partial charge in [-0.15, -0.1) is 10.2 Å². The average Bonchev–Trinajstić information content (AvgIpc) is 3.26. The Hall–Kier alpha value is -1.60. The lowest BCUT2D eigenvalue weighted by atomic mass is 10.2. The molecule has 126 valence electrons. The molecule has 0 fully saturated rings. The predicted molar refractivity (Wildman–Crippen MR) is 97.5 cm³/mol. The van der Waals surface area contributed by atoms with Gasteiger partial charge in [-0.3, -0.25) is 4.79 Å². The molecule has 7 heteroatoms. The minimum atomic E-state index is 0.0824. The molecular formula is C17H18BrN3O2S. The molecule has 0 spiro atoms. The SMILES string of the molecule is CCN(C(=O)CSc1nnc(-c2ccc(Br)cc2)o1)C1=CCCC1. The van der Waals surface area contributed by atoms with E-state index in [0.717, 1.165) is 35.0 Å². The second-order valence-electron chi connectivity index (χ2n) is 5.39. The smallest absolute Gasteiger partial charge is 0.277 e. The number of allylic oxidation sites excluding steroid dienone is 2. The lowest BCUT2D eigenvalue weighted by Gasteiger charge is -2.21. The summed E-state index contributed by atoms with van der Waals surface area (Å²) in [6, 6.07) is 7.65. The van der Waals surface area contributed by atoms with Crippen molar-refractivity contribution in [2.75, 3.05) is 12.3 Å². The van der Waals surface area contributed by atoms with Crippen molar-refractivity contribution in [3.05, 3.63) is 40.5 Å². The topological polar surface area (TPSA) is 59.2 Å². The van der Waals surface area contributed by atoms with Crippen LogP contribution in [0.4, 0.5) is 0 Å². The van der Waals surface area contributed by atoms with Crippen LogP contribution in [0.3, 0.4) is 0 Å². The second-order valence-corrected chi connectivity index (χ2v) is 7.24. The highest BCUT2D eigenvalue weighted by atomic mass is 79.9. The highest BCUT2D eigenvalue weighted by molar-refractivity contribution is 9.10. The van der Waals surface area contributed by atoms with E-state index < -0.39 is 0 Å². The normalized spacial score (nSPS) is 13.8. The Kier molecular flexibility index (Phi) is 5.73. The zero-order valence-corrected chi connectivity index (χ0v) is 15.8. The molecule has 0 saturated heterocycles. The Morgan fingerprint density at radius 2 is 2.12 bits per heavy atom. The number of thioether (sulfide) groups is 1. The zero-order valence-electron chi connectivity index (χ0n) is 13.4. The van der Waals surface area contributed by atoms with E-state index in [-0.39, 0.29) is 5.91 Å². The fourth-order valence-electron chi connectivity index (χ4n) is 2.62. The van der Waals surface area contributed by atoms with Crippen molar-refractivity contribution in [1.82, 2.24) is 15.1 Å². The average molecular weight is 408 g/mol. The van der Waals surface area contributed by atoms with Gasteiger partial charge in [0, 0.05) is 22.3 Å². The summed E-state index contributed by atoms with van der Waals surface area (Å²) in [5, 5.41) is 8.48. The molecule has 1 aliphatic rings. The summed E-state index contributed by atoms with van der Waals surface area (Å²) in [5.41, 5.74) is 2.00. The Balaban J connectivity index is 1.60. The number of hydrogen-bond donors (Lipinski definition) is 0. The maximum Gasteiger partial charge on any atom is 0.277 e. The van der Waals surface area contributed by atoms with E-state index in [1.807, 2.05) is 36.1 Å². The number of rotatable bonds is 6. The Labute approximate surface area is 153 Å². The van der Waals surface area contributed by atoms with Crippen LogP contribution in [0, 0.1) is 0 Å². The Bertz CT molecular complexity index is 743. The van der Waals surface area contributed by atoms with Crippen LogP contribution in [0.25, 0.3) is 11.5 Å². The van der Waals surface area contributed by atoms with E-state index in [0.29, 0.717) is 23.4 Å². The largest absolute Gasteiger partial charge is 0.411 e. The van der Waals surface area contributed by atoms with Gasteiger partial charge in [0.15, 0.2) is 0 Å². The van der Waals surface area contributed by atoms with Crippen LogP contribution < -0.4 is 0 Å². The molecule has 0 N–H and O–H groups in total. The third kappa shape index (κ3) is 4.08. The molecule has 1 aromatic heterocycles. The monoisotopic (exact) mass is 407 g/mol. The molecule has 0 saturated carbocycles. The van der Waals surface area contributed by atoms with Crippen LogP contribution in [0.1, 0.15) is 26.2 Å². The molecule has 1 aromatic carbocycles. The molecule has 5 nitrogen and oxygen atoms in total. The molecule has 0 bridgehead atoms. The van der Waals surface area contributed by atoms with E-state index in [1.54, 1.807) is 0 Å². The van der Waals surface area contributed by atoms with Crippen LogP contribution in [-0.2, 0) is 4.79 Å². The van der Waals surface area contributed by atoms with Crippen LogP contribution in [-0.4, -0.2) is 33.3 Å². The van der Waals surface area contributed by atoms with E-state index in [4.69, 9.17) is 4.42 Å². The number of carbonyl (C=O) groups excluding carboxylic acids is 1. The van der Waals surface area contributed by atoms with Gasteiger partial charge < -0.3 is 9.32 Å². The van der Waals surface area contributed by atoms with E-state index in [1.165, 1.54) is 11.8 Å². The van der Waals surface area contributed by atoms with Crippen LogP contribution in [0.15, 0.2) is 50.2 Å². The van der Waals surface area contributed by atoms with Crippen molar-refractivity contribution in [2.24, 2.45) is 0 Å². The summed E-state index contributed by atoms with van der Waals surface area (Å²) in [5.74, 6) is 0.843. The molecular weight excluding hydrogens is 390 g/mol. The molecule has 2 aromatic rings. The molecule has 1 amide bonds. The number of amides is 1. The van der Waals surface area contributed by atoms with Gasteiger partial charge in [0.2, 0.25) is 11.8 Å². The van der Waals surface area contributed by atoms with Gasteiger partial charge in [0.05, 0.1) is 5.75 Å². The Morgan fingerprint density at radius 3 is 2.79 bits per heavy atom. The second kappa shape index (κ2) is 7.98. The first-order valence-electron chi connectivity index (χ1n) is 7.89. The lowest BCUT2D eigenvalue weighted by molar-refractivity contribution is -0.126. The molecule has 1 aliphatic carbocycles. The van der Waals surface area contributed by atoms with Crippen molar-refractivity contribution < 1.29 is 9.21 Å². The molecule has 0 aliphatic heterocycles. The Morgan fingerprint density at radius 1 is 1.33 bits per heavy atom. The summed E-state index contributed by atoms with van der Waals surface area (Å²) in [7, 11) is 0. The van der Waals surface area contributed by atoms with E-state index in [9.17, 15) is 4.79 Å². The number of halogens is 1. The van der Waals surface area contributed by atoms with E-state index in [2.05, 4.69) is 32.2 Å². The third-order valence-electron chi connectivity index (χ3n) is 3.80. The van der Waals surface area contributed by atoms with Crippen LogP contribution in [0.2, 0.25) is 0 Å². The van der Waals surface area contributed by atoms with Gasteiger partial charge >= 0.3 is 0 Å². The summed E-state index contributed by atoms with van der Waals surface area (Å²) < 4.78 is 6.63. The number of hydrogen-bond acceptors (Lipinski definition) is 5. The highest BCUT2D eigenvalue weighted by Crippen LogP contribution is 2.26. The van der Waals surface area contributed by atoms with Crippen LogP contribution >= 0.6 is 27.7 Å². The zero-order chi connectivity index (χ0) is 16.9. The van der Waals surface area contributed by atoms with Gasteiger partial charge in [-0.1, -0.05) is 33.8 Å². The molecule has 0 radical (unpaired) electrons. The van der Waals surface area contributed by atoms with Crippen molar-refractivity contribution in [3.63, 3.8) is 0 Å². The fraction of sp³-hybridized carbons (Fsp3) is 0.353. The summed E-state index contributed by atoms with van der Waals surface area (Å²) in [6.45, 7) is 2.69. The van der Waals surface area contributed by atoms with Crippen LogP contribution in [0.5, 0.6) is 0 Å². The predicted octanol–water partition coefficient (Wildman–Crippen LogP) is 4.51. The molecule has 0 atom stereocenters. The van der Waals surface area contributed by atoms with Gasteiger partial charge in [-0.05, 0) is 50.5 Å². The van der Waals surface area contributed by atoms with Crippen molar-refractivity contribution in [3.8, 4) is 11.5 Å². The summed E-state index contributed by atoms with van der Waals surface area (Å²) >= 11 is 4.68. The van der Waals surface area contributed by atoms with Gasteiger partial charge in [-0.2, -0.15) is 0 Å². The molecule has 24 heavy (non-hydrogen) atoms. The molecule has 3 rings (SSSR count). The number of aromatic nitrogens is 2. The third-order valence-corrected chi connectivity index (χ3v) is 5.13.